The van der Waals surface area contributed by atoms with E-state index >= 15 is 0 Å². The molecule has 1 unspecified atom stereocenters. The number of fused-ring (bicyclic) bond motifs is 1. The minimum atomic E-state index is 0.311. The molecule has 1 N–H and O–H groups in total. The fourth-order valence-corrected chi connectivity index (χ4v) is 4.06. The number of para-hydroxylation sites is 1. The maximum absolute atomic E-state index is 3.89. The molecule has 0 saturated heterocycles. The molecule has 0 radical (unpaired) electrons. The van der Waals surface area contributed by atoms with E-state index in [-0.39, 0.29) is 0 Å². The van der Waals surface area contributed by atoms with E-state index in [4.69, 9.17) is 0 Å². The lowest BCUT2D eigenvalue weighted by atomic mass is 9.73. The van der Waals surface area contributed by atoms with Crippen LogP contribution in [0.4, 0.5) is 5.69 Å². The number of hydrogen-bond acceptors (Lipinski definition) is 1. The van der Waals surface area contributed by atoms with Gasteiger partial charge in [-0.15, -0.1) is 0 Å². The standard InChI is InChI=1S/C18H27N/c1-14(2)18(12-15-8-4-3-5-9-15)13-16-10-6-7-11-17(16)19-18/h6-7,10-11,14-15,19H,3-5,8-9,12-13H2,1-2H3. The fourth-order valence-electron chi connectivity index (χ4n) is 4.06. The Labute approximate surface area is 117 Å². The van der Waals surface area contributed by atoms with Gasteiger partial charge in [0.1, 0.15) is 0 Å². The monoisotopic (exact) mass is 257 g/mol. The van der Waals surface area contributed by atoms with Gasteiger partial charge in [0.15, 0.2) is 0 Å². The van der Waals surface area contributed by atoms with Crippen molar-refractivity contribution in [1.82, 2.24) is 0 Å². The SMILES string of the molecule is CC(C)C1(CC2CCCCC2)Cc2ccccc2N1. The topological polar surface area (TPSA) is 12.0 Å². The summed E-state index contributed by atoms with van der Waals surface area (Å²) in [6.07, 6.45) is 9.84. The maximum atomic E-state index is 3.89. The van der Waals surface area contributed by atoms with Crippen LogP contribution < -0.4 is 5.32 Å². The van der Waals surface area contributed by atoms with Crippen molar-refractivity contribution in [3.8, 4) is 0 Å². The summed E-state index contributed by atoms with van der Waals surface area (Å²) in [7, 11) is 0. The Bertz CT molecular complexity index is 404. The van der Waals surface area contributed by atoms with Crippen LogP contribution in [-0.2, 0) is 6.42 Å². The van der Waals surface area contributed by atoms with E-state index in [0.29, 0.717) is 11.5 Å². The van der Waals surface area contributed by atoms with E-state index in [0.717, 1.165) is 5.92 Å². The Balaban J connectivity index is 1.78. The molecule has 1 aliphatic carbocycles. The average molecular weight is 257 g/mol. The summed E-state index contributed by atoms with van der Waals surface area (Å²) in [4.78, 5) is 0. The normalized spacial score (nSPS) is 27.3. The lowest BCUT2D eigenvalue weighted by Crippen LogP contribution is -2.44. The molecule has 1 nitrogen and oxygen atoms in total. The first-order valence-corrected chi connectivity index (χ1v) is 8.06. The van der Waals surface area contributed by atoms with Gasteiger partial charge in [0, 0.05) is 11.2 Å². The Morgan fingerprint density at radius 2 is 1.89 bits per heavy atom. The van der Waals surface area contributed by atoms with E-state index in [9.17, 15) is 0 Å². The fraction of sp³-hybridized carbons (Fsp3) is 0.667. The predicted octanol–water partition coefficient (Wildman–Crippen LogP) is 5.02. The number of rotatable bonds is 3. The number of nitrogens with one attached hydrogen (secondary N) is 1. The van der Waals surface area contributed by atoms with Crippen LogP contribution in [-0.4, -0.2) is 5.54 Å². The molecule has 1 heteroatoms. The van der Waals surface area contributed by atoms with Gasteiger partial charge in [-0.25, -0.2) is 0 Å². The van der Waals surface area contributed by atoms with Crippen LogP contribution in [0, 0.1) is 11.8 Å². The first-order valence-electron chi connectivity index (χ1n) is 8.06. The van der Waals surface area contributed by atoms with Crippen LogP contribution in [0.3, 0.4) is 0 Å². The summed E-state index contributed by atoms with van der Waals surface area (Å²) in [6.45, 7) is 4.78. The molecule has 1 saturated carbocycles. The molecule has 1 aromatic rings. The van der Waals surface area contributed by atoms with Crippen molar-refractivity contribution in [3.05, 3.63) is 29.8 Å². The van der Waals surface area contributed by atoms with Crippen molar-refractivity contribution in [1.29, 1.82) is 0 Å². The van der Waals surface area contributed by atoms with Crippen molar-refractivity contribution < 1.29 is 0 Å². The van der Waals surface area contributed by atoms with Gasteiger partial charge in [0.2, 0.25) is 0 Å². The Kier molecular flexibility index (Phi) is 3.56. The first-order chi connectivity index (χ1) is 9.20. The second kappa shape index (κ2) is 5.19. The third kappa shape index (κ3) is 2.52. The summed E-state index contributed by atoms with van der Waals surface area (Å²) in [6, 6.07) is 8.88. The summed E-state index contributed by atoms with van der Waals surface area (Å²) in [5.41, 5.74) is 3.21. The van der Waals surface area contributed by atoms with Crippen molar-refractivity contribution in [2.75, 3.05) is 5.32 Å². The molecule has 0 aromatic heterocycles. The highest BCUT2D eigenvalue weighted by Crippen LogP contribution is 2.43. The van der Waals surface area contributed by atoms with Crippen molar-refractivity contribution >= 4 is 5.69 Å². The average Bonchev–Trinajstić information content (AvgIpc) is 2.79. The van der Waals surface area contributed by atoms with Crippen molar-refractivity contribution in [3.63, 3.8) is 0 Å². The molecule has 1 fully saturated rings. The molecule has 0 amide bonds. The van der Waals surface area contributed by atoms with Crippen LogP contribution in [0.1, 0.15) is 57.9 Å². The Hall–Kier alpha value is -0.980. The van der Waals surface area contributed by atoms with Gasteiger partial charge in [0.05, 0.1) is 0 Å². The molecule has 104 valence electrons. The molecule has 1 aliphatic heterocycles. The molecular formula is C18H27N. The quantitative estimate of drug-likeness (QED) is 0.801. The minimum absolute atomic E-state index is 0.311. The Morgan fingerprint density at radius 3 is 2.58 bits per heavy atom. The molecule has 1 aromatic carbocycles. The number of benzene rings is 1. The van der Waals surface area contributed by atoms with Gasteiger partial charge in [-0.1, -0.05) is 64.2 Å². The van der Waals surface area contributed by atoms with Crippen molar-refractivity contribution in [2.24, 2.45) is 11.8 Å². The third-order valence-electron chi connectivity index (χ3n) is 5.39. The molecule has 2 aliphatic rings. The third-order valence-corrected chi connectivity index (χ3v) is 5.39. The molecular weight excluding hydrogens is 230 g/mol. The highest BCUT2D eigenvalue weighted by molar-refractivity contribution is 5.59. The summed E-state index contributed by atoms with van der Waals surface area (Å²) in [5, 5.41) is 3.89. The zero-order valence-electron chi connectivity index (χ0n) is 12.4. The zero-order valence-corrected chi connectivity index (χ0v) is 12.4. The second-order valence-corrected chi connectivity index (χ2v) is 6.98. The van der Waals surface area contributed by atoms with Gasteiger partial charge < -0.3 is 5.32 Å². The lowest BCUT2D eigenvalue weighted by molar-refractivity contribution is 0.232. The first kappa shape index (κ1) is 13.0. The van der Waals surface area contributed by atoms with E-state index in [2.05, 4.69) is 43.4 Å². The number of hydrogen-bond donors (Lipinski definition) is 1. The van der Waals surface area contributed by atoms with Gasteiger partial charge >= 0.3 is 0 Å². The molecule has 0 bridgehead atoms. The zero-order chi connectivity index (χ0) is 13.3. The molecule has 1 heterocycles. The van der Waals surface area contributed by atoms with Gasteiger partial charge in [-0.05, 0) is 36.3 Å². The summed E-state index contributed by atoms with van der Waals surface area (Å²) in [5.74, 6) is 1.64. The molecule has 0 spiro atoms. The van der Waals surface area contributed by atoms with Crippen LogP contribution in [0.15, 0.2) is 24.3 Å². The van der Waals surface area contributed by atoms with Crippen LogP contribution in [0.2, 0.25) is 0 Å². The van der Waals surface area contributed by atoms with E-state index in [1.807, 2.05) is 0 Å². The Morgan fingerprint density at radius 1 is 1.16 bits per heavy atom. The highest BCUT2D eigenvalue weighted by atomic mass is 15.0. The number of anilines is 1. The second-order valence-electron chi connectivity index (χ2n) is 6.98. The molecule has 19 heavy (non-hydrogen) atoms. The van der Waals surface area contributed by atoms with Crippen LogP contribution >= 0.6 is 0 Å². The lowest BCUT2D eigenvalue weighted by Gasteiger charge is -2.39. The van der Waals surface area contributed by atoms with Gasteiger partial charge in [-0.2, -0.15) is 0 Å². The van der Waals surface area contributed by atoms with Gasteiger partial charge in [0.25, 0.3) is 0 Å². The predicted molar refractivity (Wildman–Crippen MR) is 82.5 cm³/mol. The van der Waals surface area contributed by atoms with E-state index in [1.54, 1.807) is 0 Å². The van der Waals surface area contributed by atoms with Gasteiger partial charge in [-0.3, -0.25) is 0 Å². The summed E-state index contributed by atoms with van der Waals surface area (Å²) < 4.78 is 0. The van der Waals surface area contributed by atoms with Crippen LogP contribution in [0.5, 0.6) is 0 Å². The van der Waals surface area contributed by atoms with E-state index in [1.165, 1.54) is 56.2 Å². The highest BCUT2D eigenvalue weighted by Gasteiger charge is 2.40. The van der Waals surface area contributed by atoms with Crippen molar-refractivity contribution in [2.45, 2.75) is 64.3 Å². The summed E-state index contributed by atoms with van der Waals surface area (Å²) >= 11 is 0. The maximum Gasteiger partial charge on any atom is 0.0440 e. The van der Waals surface area contributed by atoms with Crippen LogP contribution in [0.25, 0.3) is 0 Å². The smallest absolute Gasteiger partial charge is 0.0440 e. The largest absolute Gasteiger partial charge is 0.379 e. The molecule has 1 atom stereocenters. The molecule has 3 rings (SSSR count). The van der Waals surface area contributed by atoms with E-state index < -0.39 is 0 Å². The minimum Gasteiger partial charge on any atom is -0.379 e.